The number of benzene rings is 1. The van der Waals surface area contributed by atoms with Crippen molar-refractivity contribution in [1.29, 1.82) is 0 Å². The van der Waals surface area contributed by atoms with E-state index in [0.29, 0.717) is 15.4 Å². The summed E-state index contributed by atoms with van der Waals surface area (Å²) in [5, 5.41) is 6.88. The van der Waals surface area contributed by atoms with Gasteiger partial charge in [-0.25, -0.2) is 18.1 Å². The summed E-state index contributed by atoms with van der Waals surface area (Å²) in [6, 6.07) is 8.89. The molecule has 11 nitrogen and oxygen atoms in total. The summed E-state index contributed by atoms with van der Waals surface area (Å²) in [4.78, 5) is 8.82. The number of oxime groups is 1. The van der Waals surface area contributed by atoms with Crippen LogP contribution in [0.25, 0.3) is 0 Å². The predicted molar refractivity (Wildman–Crippen MR) is 102 cm³/mol. The van der Waals surface area contributed by atoms with Gasteiger partial charge in [-0.15, -0.1) is 9.19 Å². The van der Waals surface area contributed by atoms with Crippen molar-refractivity contribution in [2.24, 2.45) is 5.16 Å². The molecule has 0 saturated heterocycles. The minimum Gasteiger partial charge on any atom is -0.393 e. The molecule has 0 aliphatic heterocycles. The van der Waals surface area contributed by atoms with E-state index in [1.54, 1.807) is 38.1 Å². The zero-order valence-corrected chi connectivity index (χ0v) is 17.5. The highest BCUT2D eigenvalue weighted by Gasteiger charge is 2.25. The minimum absolute atomic E-state index is 0.191. The van der Waals surface area contributed by atoms with Gasteiger partial charge in [-0.05, 0) is 13.8 Å². The first-order valence-electron chi connectivity index (χ1n) is 8.16. The summed E-state index contributed by atoms with van der Waals surface area (Å²) >= 11 is 0. The Morgan fingerprint density at radius 2 is 1.86 bits per heavy atom. The molecule has 2 aromatic rings. The molecule has 0 saturated carbocycles. The maximum absolute atomic E-state index is 12.5. The van der Waals surface area contributed by atoms with Crippen molar-refractivity contribution in [3.63, 3.8) is 0 Å². The largest absolute Gasteiger partial charge is 0.393 e. The summed E-state index contributed by atoms with van der Waals surface area (Å²) in [5.41, 5.74) is 1.01. The Hall–Kier alpha value is -2.35. The van der Waals surface area contributed by atoms with E-state index in [0.717, 1.165) is 10.6 Å². The van der Waals surface area contributed by atoms with Gasteiger partial charge in [0.1, 0.15) is 18.1 Å². The van der Waals surface area contributed by atoms with Crippen LogP contribution >= 0.6 is 0 Å². The molecule has 13 heteroatoms. The van der Waals surface area contributed by atoms with Crippen LogP contribution in [-0.2, 0) is 25.1 Å². The lowest BCUT2D eigenvalue weighted by Gasteiger charge is -2.10. The molecule has 0 fully saturated rings. The smallest absolute Gasteiger partial charge is 0.323 e. The molecule has 0 spiro atoms. The van der Waals surface area contributed by atoms with Gasteiger partial charge in [-0.3, -0.25) is 0 Å². The van der Waals surface area contributed by atoms with E-state index < -0.39 is 25.4 Å². The lowest BCUT2D eigenvalue weighted by molar-refractivity contribution is 0.0858. The first kappa shape index (κ1) is 21.9. The molecule has 0 radical (unpaired) electrons. The normalized spacial score (nSPS) is 13.3. The molecule has 1 aromatic carbocycles. The predicted octanol–water partition coefficient (Wildman–Crippen LogP) is 0.0402. The van der Waals surface area contributed by atoms with E-state index in [9.17, 15) is 16.8 Å². The highest BCUT2D eigenvalue weighted by Crippen LogP contribution is 2.07. The maximum Gasteiger partial charge on any atom is 0.323 e. The first-order valence-corrected chi connectivity index (χ1v) is 11.0. The molecule has 2 rings (SSSR count). The van der Waals surface area contributed by atoms with Crippen LogP contribution in [0, 0.1) is 0 Å². The number of rotatable bonds is 9. The number of hydrogen-bond donors (Lipinski definition) is 1. The minimum atomic E-state index is -4.18. The van der Waals surface area contributed by atoms with E-state index in [4.69, 9.17) is 4.84 Å². The average molecular weight is 431 g/mol. The Bertz CT molecular complexity index is 1030. The van der Waals surface area contributed by atoms with Crippen molar-refractivity contribution in [2.75, 3.05) is 20.6 Å². The molecular formula is C15H22N6O5S2. The van der Waals surface area contributed by atoms with E-state index in [1.165, 1.54) is 14.1 Å². The molecule has 0 aliphatic carbocycles. The fourth-order valence-electron chi connectivity index (χ4n) is 1.85. The summed E-state index contributed by atoms with van der Waals surface area (Å²) < 4.78 is 52.6. The number of nitrogens with one attached hydrogen (secondary N) is 1. The highest BCUT2D eigenvalue weighted by atomic mass is 32.2. The second-order valence-corrected chi connectivity index (χ2v) is 9.73. The van der Waals surface area contributed by atoms with E-state index in [1.807, 2.05) is 6.07 Å². The molecule has 0 atom stereocenters. The second-order valence-electron chi connectivity index (χ2n) is 6.07. The van der Waals surface area contributed by atoms with Crippen LogP contribution in [0.5, 0.6) is 0 Å². The topological polar surface area (TPSA) is 136 Å². The van der Waals surface area contributed by atoms with Gasteiger partial charge >= 0.3 is 10.2 Å². The SMILES string of the molecule is CC(C)O/N=C(\CNS(=O)(=O)c1ncn(S(=O)(=O)N(C)C)n1)c1ccccc1. The van der Waals surface area contributed by atoms with Crippen LogP contribution < -0.4 is 4.72 Å². The van der Waals surface area contributed by atoms with Crippen molar-refractivity contribution >= 4 is 25.9 Å². The number of sulfonamides is 1. The van der Waals surface area contributed by atoms with Gasteiger partial charge in [0.2, 0.25) is 0 Å². The van der Waals surface area contributed by atoms with Crippen LogP contribution in [0.15, 0.2) is 47.0 Å². The van der Waals surface area contributed by atoms with Gasteiger partial charge in [0.15, 0.2) is 0 Å². The summed E-state index contributed by atoms with van der Waals surface area (Å²) in [6.45, 7) is 3.38. The first-order chi connectivity index (χ1) is 13.0. The van der Waals surface area contributed by atoms with E-state index >= 15 is 0 Å². The van der Waals surface area contributed by atoms with Crippen LogP contribution in [-0.4, -0.2) is 67.8 Å². The molecule has 28 heavy (non-hydrogen) atoms. The van der Waals surface area contributed by atoms with Crippen LogP contribution in [0.1, 0.15) is 19.4 Å². The Balaban J connectivity index is 2.23. The molecule has 0 aliphatic rings. The van der Waals surface area contributed by atoms with Gasteiger partial charge in [-0.1, -0.05) is 35.5 Å². The molecule has 154 valence electrons. The Morgan fingerprint density at radius 1 is 1.21 bits per heavy atom. The number of nitrogens with zero attached hydrogens (tertiary/aromatic N) is 5. The van der Waals surface area contributed by atoms with E-state index in [-0.39, 0.29) is 12.6 Å². The number of aromatic nitrogens is 3. The second kappa shape index (κ2) is 8.77. The molecule has 1 heterocycles. The zero-order chi connectivity index (χ0) is 20.9. The van der Waals surface area contributed by atoms with Crippen molar-refractivity contribution in [3.05, 3.63) is 42.2 Å². The van der Waals surface area contributed by atoms with Crippen LogP contribution in [0.3, 0.4) is 0 Å². The van der Waals surface area contributed by atoms with Gasteiger partial charge in [0, 0.05) is 19.7 Å². The third-order valence-corrected chi connectivity index (χ3v) is 6.06. The van der Waals surface area contributed by atoms with Crippen molar-refractivity contribution in [2.45, 2.75) is 25.1 Å². The zero-order valence-electron chi connectivity index (χ0n) is 15.8. The van der Waals surface area contributed by atoms with Crippen LogP contribution in [0.2, 0.25) is 0 Å². The van der Waals surface area contributed by atoms with Gasteiger partial charge in [0.25, 0.3) is 15.2 Å². The third kappa shape index (κ3) is 5.34. The molecular weight excluding hydrogens is 408 g/mol. The van der Waals surface area contributed by atoms with Gasteiger partial charge in [0.05, 0.1) is 6.54 Å². The Morgan fingerprint density at radius 3 is 2.43 bits per heavy atom. The molecule has 0 unspecified atom stereocenters. The third-order valence-electron chi connectivity index (χ3n) is 3.30. The standard InChI is InChI=1S/C15H22N6O5S2/c1-12(2)26-19-14(13-8-6-5-7-9-13)10-17-27(22,23)15-16-11-21(18-15)28(24,25)20(3)4/h5-9,11-12,17H,10H2,1-4H3/b19-14+. The molecule has 1 N–H and O–H groups in total. The monoisotopic (exact) mass is 430 g/mol. The summed E-state index contributed by atoms with van der Waals surface area (Å²) in [7, 11) is -5.56. The summed E-state index contributed by atoms with van der Waals surface area (Å²) in [6.07, 6.45) is 0.627. The van der Waals surface area contributed by atoms with Crippen molar-refractivity contribution in [3.8, 4) is 0 Å². The fraction of sp³-hybridized carbons (Fsp3) is 0.400. The highest BCUT2D eigenvalue weighted by molar-refractivity contribution is 7.89. The molecule has 1 aromatic heterocycles. The van der Waals surface area contributed by atoms with Crippen molar-refractivity contribution in [1.82, 2.24) is 23.2 Å². The molecule has 0 bridgehead atoms. The lowest BCUT2D eigenvalue weighted by Crippen LogP contribution is -2.32. The van der Waals surface area contributed by atoms with Crippen LogP contribution in [0.4, 0.5) is 0 Å². The van der Waals surface area contributed by atoms with E-state index in [2.05, 4.69) is 20.0 Å². The quantitative estimate of drug-likeness (QED) is 0.438. The maximum atomic E-state index is 12.5. The Labute approximate surface area is 164 Å². The van der Waals surface area contributed by atoms with Gasteiger partial charge in [-0.2, -0.15) is 12.7 Å². The fourth-order valence-corrected chi connectivity index (χ4v) is 3.42. The van der Waals surface area contributed by atoms with Crippen molar-refractivity contribution < 1.29 is 21.7 Å². The lowest BCUT2D eigenvalue weighted by atomic mass is 10.1. The average Bonchev–Trinajstić information content (AvgIpc) is 3.14. The molecule has 0 amide bonds. The Kier molecular flexibility index (Phi) is 6.87. The van der Waals surface area contributed by atoms with Gasteiger partial charge < -0.3 is 4.84 Å². The summed E-state index contributed by atoms with van der Waals surface area (Å²) in [5.74, 6) is 0. The number of hydrogen-bond acceptors (Lipinski definition) is 8.